The highest BCUT2D eigenvalue weighted by Crippen LogP contribution is 2.39. The van der Waals surface area contributed by atoms with E-state index >= 15 is 0 Å². The highest BCUT2D eigenvalue weighted by atomic mass is 16.1. The summed E-state index contributed by atoms with van der Waals surface area (Å²) >= 11 is 0. The van der Waals surface area contributed by atoms with E-state index in [4.69, 9.17) is 0 Å². The highest BCUT2D eigenvalue weighted by Gasteiger charge is 2.41. The van der Waals surface area contributed by atoms with Gasteiger partial charge in [0.1, 0.15) is 0 Å². The minimum Gasteiger partial charge on any atom is -0.309 e. The van der Waals surface area contributed by atoms with Crippen LogP contribution in [-0.2, 0) is 5.41 Å². The predicted molar refractivity (Wildman–Crippen MR) is 108 cm³/mol. The molecule has 0 spiro atoms. The Morgan fingerprint density at radius 3 is 1.58 bits per heavy atom. The van der Waals surface area contributed by atoms with Gasteiger partial charge in [0, 0.05) is 5.56 Å². The first-order valence-corrected chi connectivity index (χ1v) is 9.00. The number of hydrogen-bond acceptors (Lipinski definition) is 2. The molecule has 0 saturated heterocycles. The van der Waals surface area contributed by atoms with E-state index in [0.717, 1.165) is 29.7 Å². The number of Topliss-reactive ketones (excluding diaryl/α,β-unsaturated/α-hetero) is 1. The molecular formula is C24H25NO. The molecule has 0 aliphatic carbocycles. The van der Waals surface area contributed by atoms with Gasteiger partial charge in [-0.2, -0.15) is 0 Å². The van der Waals surface area contributed by atoms with Gasteiger partial charge in [0.2, 0.25) is 0 Å². The standard InChI is InChI=1S/C24H25NO/c1-25(2)19-18-24(21-14-8-4-9-15-21,22-16-10-5-11-17-22)23(26)20-12-6-3-7-13-20/h3-17H,18-19H2,1-2H3. The van der Waals surface area contributed by atoms with Crippen LogP contribution in [0.15, 0.2) is 91.0 Å². The predicted octanol–water partition coefficient (Wildman–Crippen LogP) is 4.81. The number of benzene rings is 3. The lowest BCUT2D eigenvalue weighted by atomic mass is 9.67. The molecule has 0 N–H and O–H groups in total. The number of hydrogen-bond donors (Lipinski definition) is 0. The van der Waals surface area contributed by atoms with E-state index < -0.39 is 5.41 Å². The van der Waals surface area contributed by atoms with Crippen molar-refractivity contribution < 1.29 is 4.79 Å². The SMILES string of the molecule is CN(C)CCC(C(=O)c1ccccc1)(c1ccccc1)c1ccccc1. The topological polar surface area (TPSA) is 20.3 Å². The van der Waals surface area contributed by atoms with E-state index in [-0.39, 0.29) is 5.78 Å². The zero-order chi connectivity index (χ0) is 18.4. The molecule has 0 aliphatic heterocycles. The van der Waals surface area contributed by atoms with Gasteiger partial charge in [-0.05, 0) is 38.2 Å². The fraction of sp³-hybridized carbons (Fsp3) is 0.208. The molecular weight excluding hydrogens is 318 g/mol. The molecule has 3 aromatic carbocycles. The van der Waals surface area contributed by atoms with E-state index in [1.165, 1.54) is 0 Å². The van der Waals surface area contributed by atoms with Crippen molar-refractivity contribution in [2.75, 3.05) is 20.6 Å². The van der Waals surface area contributed by atoms with Crippen molar-refractivity contribution in [3.8, 4) is 0 Å². The highest BCUT2D eigenvalue weighted by molar-refractivity contribution is 6.06. The van der Waals surface area contributed by atoms with Crippen LogP contribution in [0.1, 0.15) is 27.9 Å². The molecule has 132 valence electrons. The molecule has 2 nitrogen and oxygen atoms in total. The molecule has 0 aromatic heterocycles. The van der Waals surface area contributed by atoms with E-state index in [0.29, 0.717) is 0 Å². The first-order valence-electron chi connectivity index (χ1n) is 9.00. The lowest BCUT2D eigenvalue weighted by Crippen LogP contribution is -2.40. The first-order chi connectivity index (χ1) is 12.6. The van der Waals surface area contributed by atoms with Crippen molar-refractivity contribution in [1.29, 1.82) is 0 Å². The maximum absolute atomic E-state index is 13.9. The molecule has 3 aromatic rings. The molecule has 0 atom stereocenters. The van der Waals surface area contributed by atoms with E-state index in [1.807, 2.05) is 80.8 Å². The molecule has 0 heterocycles. The van der Waals surface area contributed by atoms with Gasteiger partial charge in [-0.3, -0.25) is 4.79 Å². The lowest BCUT2D eigenvalue weighted by Gasteiger charge is -2.35. The van der Waals surface area contributed by atoms with Gasteiger partial charge in [0.15, 0.2) is 5.78 Å². The van der Waals surface area contributed by atoms with Gasteiger partial charge in [0.25, 0.3) is 0 Å². The molecule has 0 fully saturated rings. The monoisotopic (exact) mass is 343 g/mol. The van der Waals surface area contributed by atoms with Crippen LogP contribution in [0, 0.1) is 0 Å². The van der Waals surface area contributed by atoms with E-state index in [9.17, 15) is 4.79 Å². The van der Waals surface area contributed by atoms with Crippen LogP contribution in [0.4, 0.5) is 0 Å². The summed E-state index contributed by atoms with van der Waals surface area (Å²) in [5.41, 5.74) is 2.14. The normalized spacial score (nSPS) is 11.5. The Hall–Kier alpha value is -2.71. The van der Waals surface area contributed by atoms with Crippen LogP contribution in [0.2, 0.25) is 0 Å². The van der Waals surface area contributed by atoms with E-state index in [1.54, 1.807) is 0 Å². The van der Waals surface area contributed by atoms with Gasteiger partial charge in [-0.1, -0.05) is 91.0 Å². The van der Waals surface area contributed by atoms with Crippen LogP contribution in [-0.4, -0.2) is 31.3 Å². The van der Waals surface area contributed by atoms with Crippen LogP contribution < -0.4 is 0 Å². The Balaban J connectivity index is 2.22. The fourth-order valence-corrected chi connectivity index (χ4v) is 3.50. The zero-order valence-electron chi connectivity index (χ0n) is 15.4. The van der Waals surface area contributed by atoms with Crippen LogP contribution in [0.5, 0.6) is 0 Å². The fourth-order valence-electron chi connectivity index (χ4n) is 3.50. The first kappa shape index (κ1) is 18.1. The number of nitrogens with zero attached hydrogens (tertiary/aromatic N) is 1. The smallest absolute Gasteiger partial charge is 0.177 e. The summed E-state index contributed by atoms with van der Waals surface area (Å²) in [7, 11) is 4.10. The molecule has 0 saturated carbocycles. The van der Waals surface area contributed by atoms with Crippen molar-refractivity contribution in [3.05, 3.63) is 108 Å². The average Bonchev–Trinajstić information content (AvgIpc) is 2.70. The quantitative estimate of drug-likeness (QED) is 0.574. The summed E-state index contributed by atoms with van der Waals surface area (Å²) in [4.78, 5) is 16.0. The summed E-state index contributed by atoms with van der Waals surface area (Å²) < 4.78 is 0. The van der Waals surface area contributed by atoms with Crippen molar-refractivity contribution in [1.82, 2.24) is 4.90 Å². The molecule has 3 rings (SSSR count). The van der Waals surface area contributed by atoms with Crippen LogP contribution in [0.3, 0.4) is 0 Å². The van der Waals surface area contributed by atoms with Gasteiger partial charge < -0.3 is 4.90 Å². The molecule has 2 heteroatoms. The number of ketones is 1. The third-order valence-electron chi connectivity index (χ3n) is 4.89. The van der Waals surface area contributed by atoms with Crippen LogP contribution >= 0.6 is 0 Å². The maximum atomic E-state index is 13.9. The third-order valence-corrected chi connectivity index (χ3v) is 4.89. The Morgan fingerprint density at radius 1 is 0.731 bits per heavy atom. The summed E-state index contributed by atoms with van der Waals surface area (Å²) in [6.07, 6.45) is 0.724. The number of carbonyl (C=O) groups excluding carboxylic acids is 1. The van der Waals surface area contributed by atoms with Crippen molar-refractivity contribution in [2.45, 2.75) is 11.8 Å². The second-order valence-electron chi connectivity index (χ2n) is 6.89. The largest absolute Gasteiger partial charge is 0.309 e. The second-order valence-corrected chi connectivity index (χ2v) is 6.89. The Labute approximate surface area is 156 Å². The number of rotatable bonds is 7. The summed E-state index contributed by atoms with van der Waals surface area (Å²) in [5, 5.41) is 0. The molecule has 0 aliphatic rings. The van der Waals surface area contributed by atoms with Gasteiger partial charge in [0.05, 0.1) is 5.41 Å². The summed E-state index contributed by atoms with van der Waals surface area (Å²) in [6, 6.07) is 30.0. The Bertz CT molecular complexity index is 786. The number of carbonyl (C=O) groups is 1. The second kappa shape index (κ2) is 8.11. The summed E-state index contributed by atoms with van der Waals surface area (Å²) in [5.74, 6) is 0.150. The average molecular weight is 343 g/mol. The van der Waals surface area contributed by atoms with Gasteiger partial charge >= 0.3 is 0 Å². The molecule has 0 radical (unpaired) electrons. The Kier molecular flexibility index (Phi) is 5.65. The van der Waals surface area contributed by atoms with Crippen molar-refractivity contribution in [2.24, 2.45) is 0 Å². The van der Waals surface area contributed by atoms with Gasteiger partial charge in [-0.15, -0.1) is 0 Å². The maximum Gasteiger partial charge on any atom is 0.177 e. The zero-order valence-corrected chi connectivity index (χ0v) is 15.4. The molecule has 0 unspecified atom stereocenters. The summed E-state index contributed by atoms with van der Waals surface area (Å²) in [6.45, 7) is 0.822. The minimum absolute atomic E-state index is 0.150. The molecule has 0 bridgehead atoms. The third kappa shape index (κ3) is 3.61. The van der Waals surface area contributed by atoms with Crippen molar-refractivity contribution in [3.63, 3.8) is 0 Å². The van der Waals surface area contributed by atoms with E-state index in [2.05, 4.69) is 29.2 Å². The van der Waals surface area contributed by atoms with Gasteiger partial charge in [-0.25, -0.2) is 0 Å². The lowest BCUT2D eigenvalue weighted by molar-refractivity contribution is 0.0898. The molecule has 26 heavy (non-hydrogen) atoms. The Morgan fingerprint density at radius 2 is 1.15 bits per heavy atom. The van der Waals surface area contributed by atoms with Crippen LogP contribution in [0.25, 0.3) is 0 Å². The minimum atomic E-state index is -0.700. The van der Waals surface area contributed by atoms with Crippen molar-refractivity contribution >= 4 is 5.78 Å². The molecule has 0 amide bonds.